The second-order valence-corrected chi connectivity index (χ2v) is 5.95. The standard InChI is InChI=1S/C13H25NO3/c1-10(2)14-8-5-6-13(17,7-9-14)12(3,4)11(15)16/h10,17H,5-9H2,1-4H3,(H,15,16). The number of hydrogen-bond donors (Lipinski definition) is 2. The molecule has 0 amide bonds. The Hall–Kier alpha value is -0.610. The summed E-state index contributed by atoms with van der Waals surface area (Å²) in [6.45, 7) is 9.22. The largest absolute Gasteiger partial charge is 0.481 e. The van der Waals surface area contributed by atoms with Crippen LogP contribution in [0.4, 0.5) is 0 Å². The molecular formula is C13H25NO3. The van der Waals surface area contributed by atoms with E-state index in [2.05, 4.69) is 18.7 Å². The topological polar surface area (TPSA) is 60.8 Å². The number of carbonyl (C=O) groups is 1. The summed E-state index contributed by atoms with van der Waals surface area (Å²) >= 11 is 0. The van der Waals surface area contributed by atoms with Gasteiger partial charge in [0.1, 0.15) is 0 Å². The summed E-state index contributed by atoms with van der Waals surface area (Å²) in [6, 6.07) is 0.449. The number of likely N-dealkylation sites (tertiary alicyclic amines) is 1. The third-order valence-electron chi connectivity index (χ3n) is 4.28. The second kappa shape index (κ2) is 4.94. The van der Waals surface area contributed by atoms with Crippen LogP contribution in [0.2, 0.25) is 0 Å². The quantitative estimate of drug-likeness (QED) is 0.792. The Kier molecular flexibility index (Phi) is 4.20. The molecule has 1 fully saturated rings. The Morgan fingerprint density at radius 2 is 1.88 bits per heavy atom. The van der Waals surface area contributed by atoms with E-state index in [1.165, 1.54) is 0 Å². The zero-order valence-corrected chi connectivity index (χ0v) is 11.4. The molecule has 1 aliphatic rings. The molecule has 1 heterocycles. The van der Waals surface area contributed by atoms with Crippen LogP contribution in [0, 0.1) is 5.41 Å². The van der Waals surface area contributed by atoms with Gasteiger partial charge in [-0.25, -0.2) is 0 Å². The number of aliphatic hydroxyl groups is 1. The van der Waals surface area contributed by atoms with Gasteiger partial charge in [0.15, 0.2) is 0 Å². The molecule has 0 spiro atoms. The highest BCUT2D eigenvalue weighted by Gasteiger charge is 2.49. The van der Waals surface area contributed by atoms with Crippen molar-refractivity contribution >= 4 is 5.97 Å². The van der Waals surface area contributed by atoms with Gasteiger partial charge in [-0.1, -0.05) is 0 Å². The summed E-state index contributed by atoms with van der Waals surface area (Å²) in [7, 11) is 0. The fraction of sp³-hybridized carbons (Fsp3) is 0.923. The lowest BCUT2D eigenvalue weighted by atomic mass is 9.71. The molecule has 0 saturated carbocycles. The maximum absolute atomic E-state index is 11.3. The molecule has 0 aromatic carbocycles. The van der Waals surface area contributed by atoms with Gasteiger partial charge in [-0.15, -0.1) is 0 Å². The lowest BCUT2D eigenvalue weighted by Gasteiger charge is -2.39. The molecular weight excluding hydrogens is 218 g/mol. The summed E-state index contributed by atoms with van der Waals surface area (Å²) in [4.78, 5) is 13.6. The predicted molar refractivity (Wildman–Crippen MR) is 66.9 cm³/mol. The zero-order valence-electron chi connectivity index (χ0n) is 11.4. The smallest absolute Gasteiger partial charge is 0.312 e. The number of rotatable bonds is 3. The van der Waals surface area contributed by atoms with Crippen LogP contribution in [0.3, 0.4) is 0 Å². The summed E-state index contributed by atoms with van der Waals surface area (Å²) in [5.41, 5.74) is -2.18. The molecule has 0 radical (unpaired) electrons. The van der Waals surface area contributed by atoms with Crippen LogP contribution in [0.5, 0.6) is 0 Å². The fourth-order valence-electron chi connectivity index (χ4n) is 2.48. The SMILES string of the molecule is CC(C)N1CCCC(O)(C(C)(C)C(=O)O)CC1. The molecule has 1 aliphatic heterocycles. The summed E-state index contributed by atoms with van der Waals surface area (Å²) in [5.74, 6) is -0.919. The molecule has 1 saturated heterocycles. The van der Waals surface area contributed by atoms with Crippen LogP contribution in [0.15, 0.2) is 0 Å². The van der Waals surface area contributed by atoms with E-state index in [-0.39, 0.29) is 0 Å². The van der Waals surface area contributed by atoms with E-state index in [0.29, 0.717) is 18.9 Å². The summed E-state index contributed by atoms with van der Waals surface area (Å²) < 4.78 is 0. The second-order valence-electron chi connectivity index (χ2n) is 5.95. The summed E-state index contributed by atoms with van der Waals surface area (Å²) in [5, 5.41) is 19.9. The first-order valence-electron chi connectivity index (χ1n) is 6.40. The van der Waals surface area contributed by atoms with Crippen LogP contribution in [0.1, 0.15) is 47.0 Å². The molecule has 0 bridgehead atoms. The number of nitrogens with zero attached hydrogens (tertiary/aromatic N) is 1. The van der Waals surface area contributed by atoms with Gasteiger partial charge in [-0.2, -0.15) is 0 Å². The van der Waals surface area contributed by atoms with Crippen molar-refractivity contribution in [2.24, 2.45) is 5.41 Å². The van der Waals surface area contributed by atoms with E-state index in [1.54, 1.807) is 13.8 Å². The van der Waals surface area contributed by atoms with Crippen molar-refractivity contribution in [1.29, 1.82) is 0 Å². The molecule has 1 unspecified atom stereocenters. The zero-order chi connectivity index (χ0) is 13.3. The number of aliphatic carboxylic acids is 1. The van der Waals surface area contributed by atoms with Crippen molar-refractivity contribution < 1.29 is 15.0 Å². The van der Waals surface area contributed by atoms with Gasteiger partial charge < -0.3 is 15.1 Å². The number of hydrogen-bond acceptors (Lipinski definition) is 3. The van der Waals surface area contributed by atoms with Gasteiger partial charge in [0.2, 0.25) is 0 Å². The van der Waals surface area contributed by atoms with Crippen LogP contribution in [-0.2, 0) is 4.79 Å². The maximum Gasteiger partial charge on any atom is 0.312 e. The average Bonchev–Trinajstić information content (AvgIpc) is 2.41. The number of carboxylic acids is 1. The van der Waals surface area contributed by atoms with Crippen LogP contribution in [0.25, 0.3) is 0 Å². The monoisotopic (exact) mass is 243 g/mol. The molecule has 4 heteroatoms. The van der Waals surface area contributed by atoms with Crippen LogP contribution in [-0.4, -0.2) is 45.8 Å². The molecule has 2 N–H and O–H groups in total. The van der Waals surface area contributed by atoms with Crippen molar-refractivity contribution in [3.8, 4) is 0 Å². The minimum Gasteiger partial charge on any atom is -0.481 e. The highest BCUT2D eigenvalue weighted by Crippen LogP contribution is 2.39. The molecule has 0 aromatic rings. The van der Waals surface area contributed by atoms with Crippen LogP contribution < -0.4 is 0 Å². The van der Waals surface area contributed by atoms with Crippen molar-refractivity contribution in [3.05, 3.63) is 0 Å². The third kappa shape index (κ3) is 2.80. The highest BCUT2D eigenvalue weighted by molar-refractivity contribution is 5.75. The lowest BCUT2D eigenvalue weighted by molar-refractivity contribution is -0.166. The van der Waals surface area contributed by atoms with E-state index in [9.17, 15) is 15.0 Å². The van der Waals surface area contributed by atoms with Gasteiger partial charge in [0, 0.05) is 12.6 Å². The van der Waals surface area contributed by atoms with Crippen molar-refractivity contribution in [2.75, 3.05) is 13.1 Å². The first kappa shape index (κ1) is 14.5. The Bertz CT molecular complexity index is 288. The van der Waals surface area contributed by atoms with Gasteiger partial charge >= 0.3 is 5.97 Å². The maximum atomic E-state index is 11.3. The molecule has 0 aromatic heterocycles. The van der Waals surface area contributed by atoms with Crippen molar-refractivity contribution in [1.82, 2.24) is 4.90 Å². The minimum atomic E-state index is -1.09. The first-order chi connectivity index (χ1) is 7.71. The van der Waals surface area contributed by atoms with Crippen molar-refractivity contribution in [2.45, 2.75) is 58.6 Å². The first-order valence-corrected chi connectivity index (χ1v) is 6.40. The molecule has 100 valence electrons. The Morgan fingerprint density at radius 3 is 2.35 bits per heavy atom. The van der Waals surface area contributed by atoms with Gasteiger partial charge in [0.05, 0.1) is 11.0 Å². The van der Waals surface area contributed by atoms with Gasteiger partial charge in [0.25, 0.3) is 0 Å². The normalized spacial score (nSPS) is 28.1. The fourth-order valence-corrected chi connectivity index (χ4v) is 2.48. The average molecular weight is 243 g/mol. The third-order valence-corrected chi connectivity index (χ3v) is 4.28. The van der Waals surface area contributed by atoms with E-state index in [1.807, 2.05) is 0 Å². The lowest BCUT2D eigenvalue weighted by Crippen LogP contribution is -2.50. The minimum absolute atomic E-state index is 0.449. The predicted octanol–water partition coefficient (Wildman–Crippen LogP) is 1.72. The van der Waals surface area contributed by atoms with Gasteiger partial charge in [-0.05, 0) is 53.5 Å². The molecule has 0 aliphatic carbocycles. The summed E-state index contributed by atoms with van der Waals surface area (Å²) in [6.07, 6.45) is 1.95. The number of carboxylic acid groups (broad SMARTS) is 1. The van der Waals surface area contributed by atoms with Crippen molar-refractivity contribution in [3.63, 3.8) is 0 Å². The van der Waals surface area contributed by atoms with E-state index < -0.39 is 17.0 Å². The van der Waals surface area contributed by atoms with Gasteiger partial charge in [-0.3, -0.25) is 4.79 Å². The molecule has 17 heavy (non-hydrogen) atoms. The molecule has 1 rings (SSSR count). The Labute approximate surface area is 104 Å². The van der Waals surface area contributed by atoms with E-state index in [0.717, 1.165) is 19.5 Å². The molecule has 4 nitrogen and oxygen atoms in total. The Morgan fingerprint density at radius 1 is 1.29 bits per heavy atom. The molecule has 1 atom stereocenters. The van der Waals surface area contributed by atoms with Crippen LogP contribution >= 0.6 is 0 Å². The van der Waals surface area contributed by atoms with E-state index in [4.69, 9.17) is 0 Å². The Balaban J connectivity index is 2.82. The highest BCUT2D eigenvalue weighted by atomic mass is 16.4. The van der Waals surface area contributed by atoms with E-state index >= 15 is 0 Å².